The van der Waals surface area contributed by atoms with Crippen LogP contribution in [0.2, 0.25) is 0 Å². The summed E-state index contributed by atoms with van der Waals surface area (Å²) < 4.78 is 11.2. The van der Waals surface area contributed by atoms with E-state index in [1.54, 1.807) is 37.7 Å². The van der Waals surface area contributed by atoms with E-state index < -0.39 is 0 Å². The summed E-state index contributed by atoms with van der Waals surface area (Å²) in [5.74, 6) is 1.15. The van der Waals surface area contributed by atoms with Gasteiger partial charge >= 0.3 is 0 Å². The molecule has 5 heteroatoms. The van der Waals surface area contributed by atoms with Gasteiger partial charge in [0.1, 0.15) is 6.61 Å². The second kappa shape index (κ2) is 9.55. The average Bonchev–Trinajstić information content (AvgIpc) is 2.72. The third-order valence-corrected chi connectivity index (χ3v) is 4.29. The molecule has 0 aliphatic carbocycles. The Morgan fingerprint density at radius 1 is 1.04 bits per heavy atom. The van der Waals surface area contributed by atoms with Crippen molar-refractivity contribution in [2.45, 2.75) is 26.4 Å². The second-order valence-corrected chi connectivity index (χ2v) is 6.55. The Balaban J connectivity index is 1.60. The third-order valence-electron chi connectivity index (χ3n) is 4.29. The van der Waals surface area contributed by atoms with Crippen LogP contribution >= 0.6 is 0 Å². The van der Waals surface area contributed by atoms with E-state index in [2.05, 4.69) is 16.4 Å². The fourth-order valence-electron chi connectivity index (χ4n) is 2.86. The normalized spacial score (nSPS) is 10.4. The maximum atomic E-state index is 12.3. The Bertz CT molecular complexity index is 926. The van der Waals surface area contributed by atoms with E-state index in [1.807, 2.05) is 37.3 Å². The van der Waals surface area contributed by atoms with Crippen LogP contribution in [0.5, 0.6) is 11.5 Å². The summed E-state index contributed by atoms with van der Waals surface area (Å²) in [6, 6.07) is 17.4. The number of aryl methyl sites for hydroxylation is 2. The molecular weight excluding hydrogens is 352 g/mol. The molecule has 0 radical (unpaired) electrons. The molecule has 0 saturated heterocycles. The van der Waals surface area contributed by atoms with Gasteiger partial charge in [-0.1, -0.05) is 35.9 Å². The standard InChI is InChI=1S/C23H24N2O3/c1-17-5-3-6-18(13-17)8-11-23(26)25-20-9-10-21(27-2)22(14-20)28-16-19-7-4-12-24-15-19/h3-7,9-10,12-15H,8,11,16H2,1-2H3,(H,25,26). The van der Waals surface area contributed by atoms with Gasteiger partial charge in [0, 0.05) is 36.1 Å². The molecule has 0 aliphatic heterocycles. The fraction of sp³-hybridized carbons (Fsp3) is 0.217. The van der Waals surface area contributed by atoms with Crippen LogP contribution in [-0.2, 0) is 17.8 Å². The monoisotopic (exact) mass is 376 g/mol. The van der Waals surface area contributed by atoms with E-state index in [1.165, 1.54) is 5.56 Å². The van der Waals surface area contributed by atoms with Crippen LogP contribution in [0.4, 0.5) is 5.69 Å². The van der Waals surface area contributed by atoms with Crippen LogP contribution in [-0.4, -0.2) is 18.0 Å². The Kier molecular flexibility index (Phi) is 6.63. The molecule has 3 aromatic rings. The number of carbonyl (C=O) groups is 1. The molecule has 144 valence electrons. The van der Waals surface area contributed by atoms with Gasteiger partial charge in [-0.2, -0.15) is 0 Å². The minimum absolute atomic E-state index is 0.0371. The lowest BCUT2D eigenvalue weighted by Crippen LogP contribution is -2.12. The molecule has 0 saturated carbocycles. The summed E-state index contributed by atoms with van der Waals surface area (Å²) in [6.45, 7) is 2.42. The van der Waals surface area contributed by atoms with Crippen LogP contribution in [0, 0.1) is 6.92 Å². The smallest absolute Gasteiger partial charge is 0.224 e. The van der Waals surface area contributed by atoms with Crippen LogP contribution in [0.15, 0.2) is 67.0 Å². The van der Waals surface area contributed by atoms with Gasteiger partial charge in [0.15, 0.2) is 11.5 Å². The molecule has 28 heavy (non-hydrogen) atoms. The molecule has 5 nitrogen and oxygen atoms in total. The zero-order chi connectivity index (χ0) is 19.8. The molecule has 0 fully saturated rings. The van der Waals surface area contributed by atoms with Crippen molar-refractivity contribution in [1.82, 2.24) is 4.98 Å². The number of aromatic nitrogens is 1. The van der Waals surface area contributed by atoms with E-state index in [-0.39, 0.29) is 5.91 Å². The molecule has 3 rings (SSSR count). The van der Waals surface area contributed by atoms with E-state index >= 15 is 0 Å². The van der Waals surface area contributed by atoms with Gasteiger partial charge in [-0.3, -0.25) is 9.78 Å². The predicted molar refractivity (Wildman–Crippen MR) is 110 cm³/mol. The quantitative estimate of drug-likeness (QED) is 0.627. The van der Waals surface area contributed by atoms with Crippen molar-refractivity contribution in [1.29, 1.82) is 0 Å². The number of nitrogens with one attached hydrogen (secondary N) is 1. The summed E-state index contributed by atoms with van der Waals surface area (Å²) in [6.07, 6.45) is 4.59. The minimum atomic E-state index is -0.0371. The second-order valence-electron chi connectivity index (χ2n) is 6.55. The molecule has 1 heterocycles. The first-order chi connectivity index (χ1) is 13.6. The molecular formula is C23H24N2O3. The van der Waals surface area contributed by atoms with Crippen molar-refractivity contribution >= 4 is 11.6 Å². The highest BCUT2D eigenvalue weighted by molar-refractivity contribution is 5.91. The van der Waals surface area contributed by atoms with Gasteiger partial charge in [-0.25, -0.2) is 0 Å². The van der Waals surface area contributed by atoms with Crippen molar-refractivity contribution in [3.8, 4) is 11.5 Å². The maximum absolute atomic E-state index is 12.3. The zero-order valence-electron chi connectivity index (χ0n) is 16.1. The topological polar surface area (TPSA) is 60.5 Å². The lowest BCUT2D eigenvalue weighted by Gasteiger charge is -2.13. The molecule has 0 aliphatic rings. The largest absolute Gasteiger partial charge is 0.493 e. The van der Waals surface area contributed by atoms with E-state index in [0.29, 0.717) is 36.6 Å². The van der Waals surface area contributed by atoms with Gasteiger partial charge in [-0.05, 0) is 37.1 Å². The van der Waals surface area contributed by atoms with Gasteiger partial charge in [0.05, 0.1) is 7.11 Å². The van der Waals surface area contributed by atoms with Gasteiger partial charge in [0.25, 0.3) is 0 Å². The van der Waals surface area contributed by atoms with Gasteiger partial charge in [0.2, 0.25) is 5.91 Å². The minimum Gasteiger partial charge on any atom is -0.493 e. The highest BCUT2D eigenvalue weighted by Gasteiger charge is 2.09. The van der Waals surface area contributed by atoms with Crippen molar-refractivity contribution in [2.75, 3.05) is 12.4 Å². The molecule has 1 N–H and O–H groups in total. The Morgan fingerprint density at radius 3 is 2.64 bits per heavy atom. The molecule has 0 bridgehead atoms. The molecule has 0 spiro atoms. The number of hydrogen-bond acceptors (Lipinski definition) is 4. The first-order valence-electron chi connectivity index (χ1n) is 9.19. The highest BCUT2D eigenvalue weighted by Crippen LogP contribution is 2.31. The molecule has 1 amide bonds. The number of amides is 1. The summed E-state index contributed by atoms with van der Waals surface area (Å²) in [5, 5.41) is 2.93. The number of rotatable bonds is 8. The Labute approximate surface area is 165 Å². The van der Waals surface area contributed by atoms with Crippen LogP contribution < -0.4 is 14.8 Å². The number of ether oxygens (including phenoxy) is 2. The zero-order valence-corrected chi connectivity index (χ0v) is 16.1. The highest BCUT2D eigenvalue weighted by atomic mass is 16.5. The lowest BCUT2D eigenvalue weighted by molar-refractivity contribution is -0.116. The van der Waals surface area contributed by atoms with Crippen LogP contribution in [0.1, 0.15) is 23.1 Å². The van der Waals surface area contributed by atoms with Gasteiger partial charge in [-0.15, -0.1) is 0 Å². The van der Waals surface area contributed by atoms with Crippen molar-refractivity contribution < 1.29 is 14.3 Å². The number of methoxy groups -OCH3 is 1. The summed E-state index contributed by atoms with van der Waals surface area (Å²) >= 11 is 0. The number of nitrogens with zero attached hydrogens (tertiary/aromatic N) is 1. The van der Waals surface area contributed by atoms with E-state index in [0.717, 1.165) is 11.1 Å². The Morgan fingerprint density at radius 2 is 1.89 bits per heavy atom. The molecule has 0 unspecified atom stereocenters. The predicted octanol–water partition coefficient (Wildman–Crippen LogP) is 4.55. The van der Waals surface area contributed by atoms with E-state index in [9.17, 15) is 4.79 Å². The number of pyridine rings is 1. The summed E-state index contributed by atoms with van der Waals surface area (Å²) in [4.78, 5) is 16.4. The molecule has 2 aromatic carbocycles. The number of hydrogen-bond donors (Lipinski definition) is 1. The maximum Gasteiger partial charge on any atom is 0.224 e. The SMILES string of the molecule is COc1ccc(NC(=O)CCc2cccc(C)c2)cc1OCc1cccnc1. The number of carbonyl (C=O) groups excluding carboxylic acids is 1. The van der Waals surface area contributed by atoms with E-state index in [4.69, 9.17) is 9.47 Å². The third kappa shape index (κ3) is 5.58. The summed E-state index contributed by atoms with van der Waals surface area (Å²) in [7, 11) is 1.59. The number of anilines is 1. The lowest BCUT2D eigenvalue weighted by atomic mass is 10.1. The first kappa shape index (κ1) is 19.4. The van der Waals surface area contributed by atoms with Crippen molar-refractivity contribution in [3.63, 3.8) is 0 Å². The fourth-order valence-corrected chi connectivity index (χ4v) is 2.86. The van der Waals surface area contributed by atoms with Gasteiger partial charge < -0.3 is 14.8 Å². The van der Waals surface area contributed by atoms with Crippen molar-refractivity contribution in [3.05, 3.63) is 83.7 Å². The van der Waals surface area contributed by atoms with Crippen LogP contribution in [0.25, 0.3) is 0 Å². The van der Waals surface area contributed by atoms with Crippen molar-refractivity contribution in [2.24, 2.45) is 0 Å². The Hall–Kier alpha value is -3.34. The molecule has 0 atom stereocenters. The average molecular weight is 376 g/mol. The summed E-state index contributed by atoms with van der Waals surface area (Å²) in [5.41, 5.74) is 3.99. The van der Waals surface area contributed by atoms with Crippen LogP contribution in [0.3, 0.4) is 0 Å². The first-order valence-corrected chi connectivity index (χ1v) is 9.19. The number of benzene rings is 2. The molecule has 1 aromatic heterocycles.